The van der Waals surface area contributed by atoms with Crippen LogP contribution in [0, 0.1) is 0 Å². The molecule has 3 aromatic rings. The number of amides is 2. The van der Waals surface area contributed by atoms with Gasteiger partial charge in [0.15, 0.2) is 9.84 Å². The molecule has 0 aliphatic carbocycles. The van der Waals surface area contributed by atoms with Crippen LogP contribution in [0.5, 0.6) is 0 Å². The number of carbonyl (C=O) groups is 2. The highest BCUT2D eigenvalue weighted by Crippen LogP contribution is 2.40. The number of carbonyl (C=O) groups excluding carboxylic acids is 2. The molecule has 4 rings (SSSR count). The highest BCUT2D eigenvalue weighted by atomic mass is 35.5. The summed E-state index contributed by atoms with van der Waals surface area (Å²) in [5, 5.41) is 2.22. The first kappa shape index (κ1) is 21.1. The van der Waals surface area contributed by atoms with E-state index in [0.29, 0.717) is 16.3 Å². The molecule has 0 aromatic heterocycles. The van der Waals surface area contributed by atoms with Gasteiger partial charge >= 0.3 is 0 Å². The Morgan fingerprint density at radius 1 is 0.968 bits per heavy atom. The number of fused-ring (bicyclic) bond motifs is 1. The summed E-state index contributed by atoms with van der Waals surface area (Å²) in [7, 11) is -3.85. The summed E-state index contributed by atoms with van der Waals surface area (Å²) < 4.78 is 26.9. The Balaban J connectivity index is 1.68. The van der Waals surface area contributed by atoms with Crippen LogP contribution >= 0.6 is 11.6 Å². The summed E-state index contributed by atoms with van der Waals surface area (Å²) in [6, 6.07) is 21.5. The Bertz CT molecular complexity index is 1230. The Morgan fingerprint density at radius 3 is 2.32 bits per heavy atom. The molecular weight excluding hydrogens is 436 g/mol. The Hall–Kier alpha value is -3.16. The number of nitrogens with one attached hydrogen (secondary N) is 1. The van der Waals surface area contributed by atoms with E-state index in [1.165, 1.54) is 11.0 Å². The lowest BCUT2D eigenvalue weighted by Gasteiger charge is -2.21. The number of para-hydroxylation sites is 1. The summed E-state index contributed by atoms with van der Waals surface area (Å²) in [6.45, 7) is -0.310. The van der Waals surface area contributed by atoms with E-state index >= 15 is 0 Å². The van der Waals surface area contributed by atoms with Gasteiger partial charge in [0.2, 0.25) is 11.8 Å². The number of rotatable bonds is 4. The highest BCUT2D eigenvalue weighted by molar-refractivity contribution is 7.92. The number of halogens is 1. The van der Waals surface area contributed by atoms with E-state index in [4.69, 9.17) is 11.6 Å². The minimum Gasteiger partial charge on any atom is -0.325 e. The van der Waals surface area contributed by atoms with Crippen LogP contribution in [0.2, 0.25) is 5.02 Å². The van der Waals surface area contributed by atoms with Gasteiger partial charge in [0.05, 0.1) is 15.8 Å². The van der Waals surface area contributed by atoms with Crippen molar-refractivity contribution in [3.05, 3.63) is 89.4 Å². The maximum Gasteiger partial charge on any atom is 0.244 e. The van der Waals surface area contributed by atoms with Crippen molar-refractivity contribution in [2.75, 3.05) is 16.8 Å². The molecule has 31 heavy (non-hydrogen) atoms. The lowest BCUT2D eigenvalue weighted by atomic mass is 10.1. The first-order valence-corrected chi connectivity index (χ1v) is 11.5. The maximum atomic E-state index is 13.4. The van der Waals surface area contributed by atoms with Gasteiger partial charge in [-0.2, -0.15) is 0 Å². The van der Waals surface area contributed by atoms with Crippen molar-refractivity contribution in [1.29, 1.82) is 0 Å². The van der Waals surface area contributed by atoms with Crippen molar-refractivity contribution in [2.45, 2.75) is 16.6 Å². The fraction of sp³-hybridized carbons (Fsp3) is 0.130. The third kappa shape index (κ3) is 4.33. The van der Waals surface area contributed by atoms with Gasteiger partial charge in [-0.1, -0.05) is 54.1 Å². The molecular formula is C23H19ClN2O4S. The fourth-order valence-corrected chi connectivity index (χ4v) is 5.65. The molecule has 1 atom stereocenters. The number of hydrogen-bond donors (Lipinski definition) is 1. The number of anilines is 2. The molecule has 158 valence electrons. The molecule has 1 aliphatic heterocycles. The van der Waals surface area contributed by atoms with Gasteiger partial charge < -0.3 is 10.2 Å². The van der Waals surface area contributed by atoms with Crippen molar-refractivity contribution in [3.8, 4) is 0 Å². The molecule has 1 aliphatic rings. The van der Waals surface area contributed by atoms with E-state index in [2.05, 4.69) is 5.32 Å². The zero-order valence-corrected chi connectivity index (χ0v) is 17.9. The third-order valence-corrected chi connectivity index (χ3v) is 7.50. The molecule has 2 amide bonds. The average molecular weight is 455 g/mol. The number of benzene rings is 3. The molecule has 0 saturated carbocycles. The van der Waals surface area contributed by atoms with E-state index in [1.54, 1.807) is 72.8 Å². The van der Waals surface area contributed by atoms with E-state index in [9.17, 15) is 18.0 Å². The lowest BCUT2D eigenvalue weighted by molar-refractivity contribution is -0.121. The second-order valence-corrected chi connectivity index (χ2v) is 9.69. The normalized spacial score (nSPS) is 17.5. The molecule has 8 heteroatoms. The Morgan fingerprint density at radius 2 is 1.61 bits per heavy atom. The standard InChI is InChI=1S/C23H19ClN2O4S/c24-17-10-12-18(13-11-17)25-22(27)15-26-19-8-4-5-9-20(19)31(29,30)21(14-23(26)28)16-6-2-1-3-7-16/h1-13,21H,14-15H2,(H,25,27)/t21-/m0/s1. The minimum absolute atomic E-state index is 0.0361. The van der Waals surface area contributed by atoms with Crippen LogP contribution < -0.4 is 10.2 Å². The van der Waals surface area contributed by atoms with E-state index < -0.39 is 26.9 Å². The Kier molecular flexibility index (Phi) is 5.80. The van der Waals surface area contributed by atoms with Gasteiger partial charge in [0.25, 0.3) is 0 Å². The lowest BCUT2D eigenvalue weighted by Crippen LogP contribution is -2.38. The zero-order valence-electron chi connectivity index (χ0n) is 16.4. The van der Waals surface area contributed by atoms with Crippen molar-refractivity contribution in [2.24, 2.45) is 0 Å². The van der Waals surface area contributed by atoms with Gasteiger partial charge in [0.1, 0.15) is 6.54 Å². The molecule has 0 spiro atoms. The van der Waals surface area contributed by atoms with Gasteiger partial charge in [-0.05, 0) is 42.0 Å². The number of hydrogen-bond acceptors (Lipinski definition) is 4. The number of sulfone groups is 1. The first-order valence-electron chi connectivity index (χ1n) is 9.60. The smallest absolute Gasteiger partial charge is 0.244 e. The molecule has 0 radical (unpaired) electrons. The summed E-state index contributed by atoms with van der Waals surface area (Å²) >= 11 is 5.87. The SMILES string of the molecule is O=C(CN1C(=O)C[C@@H](c2ccccc2)S(=O)(=O)c2ccccc21)Nc1ccc(Cl)cc1. The average Bonchev–Trinajstić information content (AvgIpc) is 2.85. The maximum absolute atomic E-state index is 13.4. The molecule has 0 saturated heterocycles. The predicted molar refractivity (Wildman–Crippen MR) is 120 cm³/mol. The molecule has 1 heterocycles. The van der Waals surface area contributed by atoms with E-state index in [1.807, 2.05) is 0 Å². The fourth-order valence-electron chi connectivity index (χ4n) is 3.60. The summed E-state index contributed by atoms with van der Waals surface area (Å²) in [5.41, 5.74) is 1.27. The largest absolute Gasteiger partial charge is 0.325 e. The van der Waals surface area contributed by atoms with Gasteiger partial charge in [-0.3, -0.25) is 9.59 Å². The third-order valence-electron chi connectivity index (χ3n) is 5.10. The van der Waals surface area contributed by atoms with Crippen molar-refractivity contribution in [3.63, 3.8) is 0 Å². The van der Waals surface area contributed by atoms with Crippen LogP contribution in [0.3, 0.4) is 0 Å². The van der Waals surface area contributed by atoms with Crippen LogP contribution in [-0.2, 0) is 19.4 Å². The van der Waals surface area contributed by atoms with Crippen LogP contribution in [0.1, 0.15) is 17.2 Å². The van der Waals surface area contributed by atoms with Gasteiger partial charge in [0, 0.05) is 17.1 Å². The van der Waals surface area contributed by atoms with Crippen LogP contribution in [0.25, 0.3) is 0 Å². The molecule has 6 nitrogen and oxygen atoms in total. The second-order valence-electron chi connectivity index (χ2n) is 7.15. The molecule has 0 fully saturated rings. The van der Waals surface area contributed by atoms with Crippen molar-refractivity contribution >= 4 is 44.6 Å². The van der Waals surface area contributed by atoms with Crippen LogP contribution in [0.4, 0.5) is 11.4 Å². The monoisotopic (exact) mass is 454 g/mol. The second kappa shape index (κ2) is 8.53. The van der Waals surface area contributed by atoms with Gasteiger partial charge in [-0.15, -0.1) is 0 Å². The topological polar surface area (TPSA) is 83.6 Å². The molecule has 3 aromatic carbocycles. The quantitative estimate of drug-likeness (QED) is 0.639. The van der Waals surface area contributed by atoms with Crippen LogP contribution in [-0.4, -0.2) is 26.8 Å². The van der Waals surface area contributed by atoms with E-state index in [-0.39, 0.29) is 23.5 Å². The zero-order chi connectivity index (χ0) is 22.0. The first-order chi connectivity index (χ1) is 14.9. The van der Waals surface area contributed by atoms with Gasteiger partial charge in [-0.25, -0.2) is 8.42 Å². The van der Waals surface area contributed by atoms with Crippen molar-refractivity contribution in [1.82, 2.24) is 0 Å². The molecule has 1 N–H and O–H groups in total. The predicted octanol–water partition coefficient (Wildman–Crippen LogP) is 4.23. The molecule has 0 bridgehead atoms. The number of nitrogens with zero attached hydrogens (tertiary/aromatic N) is 1. The van der Waals surface area contributed by atoms with Crippen molar-refractivity contribution < 1.29 is 18.0 Å². The summed E-state index contributed by atoms with van der Waals surface area (Å²) in [6.07, 6.45) is -0.255. The summed E-state index contributed by atoms with van der Waals surface area (Å²) in [5.74, 6) is -0.880. The van der Waals surface area contributed by atoms with Crippen LogP contribution in [0.15, 0.2) is 83.8 Å². The Labute approximate surface area is 185 Å². The molecule has 0 unspecified atom stereocenters. The highest BCUT2D eigenvalue weighted by Gasteiger charge is 2.39. The summed E-state index contributed by atoms with van der Waals surface area (Å²) in [4.78, 5) is 27.1. The van der Waals surface area contributed by atoms with E-state index in [0.717, 1.165) is 0 Å². The minimum atomic E-state index is -3.85.